The third-order valence-electron chi connectivity index (χ3n) is 3.45. The minimum atomic E-state index is -0.684. The van der Waals surface area contributed by atoms with Gasteiger partial charge in [-0.2, -0.15) is 0 Å². The lowest BCUT2D eigenvalue weighted by Gasteiger charge is -2.24. The van der Waals surface area contributed by atoms with Gasteiger partial charge in [0.1, 0.15) is 16.8 Å². The van der Waals surface area contributed by atoms with Gasteiger partial charge in [-0.1, -0.05) is 17.7 Å². The van der Waals surface area contributed by atoms with Gasteiger partial charge in [0.15, 0.2) is 0 Å². The van der Waals surface area contributed by atoms with Crippen LogP contribution in [0.25, 0.3) is 0 Å². The van der Waals surface area contributed by atoms with Crippen LogP contribution in [-0.2, 0) is 11.3 Å². The number of hydrogen-bond donors (Lipinski definition) is 1. The lowest BCUT2D eigenvalue weighted by molar-refractivity contribution is -0.120. The van der Waals surface area contributed by atoms with E-state index in [0.717, 1.165) is 23.8 Å². The van der Waals surface area contributed by atoms with E-state index in [1.54, 1.807) is 31.1 Å². The van der Waals surface area contributed by atoms with Crippen LogP contribution in [0, 0.1) is 11.6 Å². The van der Waals surface area contributed by atoms with Gasteiger partial charge in [0.2, 0.25) is 5.91 Å². The zero-order valence-electron chi connectivity index (χ0n) is 12.7. The van der Waals surface area contributed by atoms with Crippen molar-refractivity contribution >= 4 is 23.2 Å². The zero-order chi connectivity index (χ0) is 17.0. The summed E-state index contributed by atoms with van der Waals surface area (Å²) in [6.07, 6.45) is 1.62. The summed E-state index contributed by atoms with van der Waals surface area (Å²) in [6.45, 7) is 2.14. The van der Waals surface area contributed by atoms with Crippen molar-refractivity contribution < 1.29 is 13.6 Å². The first kappa shape index (κ1) is 17.3. The van der Waals surface area contributed by atoms with E-state index in [1.807, 2.05) is 6.07 Å². The second kappa shape index (κ2) is 7.48. The van der Waals surface area contributed by atoms with Crippen LogP contribution >= 0.6 is 11.6 Å². The molecule has 1 atom stereocenters. The molecule has 7 heteroatoms. The molecule has 1 amide bonds. The number of hydrogen-bond acceptors (Lipinski definition) is 3. The van der Waals surface area contributed by atoms with Crippen LogP contribution in [0.4, 0.5) is 14.5 Å². The second-order valence-corrected chi connectivity index (χ2v) is 5.58. The van der Waals surface area contributed by atoms with Gasteiger partial charge < -0.3 is 5.32 Å². The second-order valence-electron chi connectivity index (χ2n) is 5.19. The molecule has 23 heavy (non-hydrogen) atoms. The molecule has 0 saturated heterocycles. The molecule has 1 aromatic heterocycles. The number of halogens is 3. The van der Waals surface area contributed by atoms with Crippen molar-refractivity contribution in [2.45, 2.75) is 19.5 Å². The first-order valence-corrected chi connectivity index (χ1v) is 7.31. The number of amides is 1. The average molecular weight is 340 g/mol. The number of anilines is 1. The van der Waals surface area contributed by atoms with Gasteiger partial charge in [0, 0.05) is 18.8 Å². The van der Waals surface area contributed by atoms with Crippen molar-refractivity contribution in [1.82, 2.24) is 9.88 Å². The summed E-state index contributed by atoms with van der Waals surface area (Å²) in [5.41, 5.74) is 0.705. The molecule has 0 radical (unpaired) electrons. The Labute approximate surface area is 138 Å². The average Bonchev–Trinajstić information content (AvgIpc) is 2.52. The van der Waals surface area contributed by atoms with E-state index in [4.69, 9.17) is 11.6 Å². The van der Waals surface area contributed by atoms with Crippen molar-refractivity contribution in [3.8, 4) is 0 Å². The summed E-state index contributed by atoms with van der Waals surface area (Å²) >= 11 is 5.72. The smallest absolute Gasteiger partial charge is 0.241 e. The standard InChI is InChI=1S/C16H16ClF2N3O/c1-10(22(2)9-11-3-6-15(17)20-8-11)16(23)21-14-7-12(18)4-5-13(14)19/h3-8,10H,9H2,1-2H3,(H,21,23). The Bertz CT molecular complexity index is 694. The highest BCUT2D eigenvalue weighted by Crippen LogP contribution is 2.16. The van der Waals surface area contributed by atoms with Crippen LogP contribution in [0.1, 0.15) is 12.5 Å². The number of benzene rings is 1. The first-order valence-electron chi connectivity index (χ1n) is 6.93. The van der Waals surface area contributed by atoms with E-state index in [0.29, 0.717) is 11.7 Å². The summed E-state index contributed by atoms with van der Waals surface area (Å²) in [6, 6.07) is 5.84. The van der Waals surface area contributed by atoms with Crippen molar-refractivity contribution in [1.29, 1.82) is 0 Å². The Morgan fingerprint density at radius 2 is 2.09 bits per heavy atom. The van der Waals surface area contributed by atoms with Crippen LogP contribution in [0.15, 0.2) is 36.5 Å². The molecule has 2 rings (SSSR count). The summed E-state index contributed by atoms with van der Waals surface area (Å²) in [4.78, 5) is 17.9. The van der Waals surface area contributed by atoms with Gasteiger partial charge in [-0.3, -0.25) is 9.69 Å². The molecule has 0 aliphatic carbocycles. The molecule has 1 heterocycles. The van der Waals surface area contributed by atoms with E-state index in [1.165, 1.54) is 0 Å². The monoisotopic (exact) mass is 339 g/mol. The first-order chi connectivity index (χ1) is 10.9. The van der Waals surface area contributed by atoms with Crippen LogP contribution in [0.3, 0.4) is 0 Å². The number of aromatic nitrogens is 1. The maximum atomic E-state index is 13.6. The molecule has 2 aromatic rings. The van der Waals surface area contributed by atoms with E-state index >= 15 is 0 Å². The fourth-order valence-electron chi connectivity index (χ4n) is 1.96. The van der Waals surface area contributed by atoms with Gasteiger partial charge >= 0.3 is 0 Å². The minimum absolute atomic E-state index is 0.177. The van der Waals surface area contributed by atoms with Gasteiger partial charge in [-0.25, -0.2) is 13.8 Å². The van der Waals surface area contributed by atoms with Crippen LogP contribution in [-0.4, -0.2) is 28.9 Å². The highest BCUT2D eigenvalue weighted by molar-refractivity contribution is 6.29. The van der Waals surface area contributed by atoms with Crippen LogP contribution in [0.2, 0.25) is 5.15 Å². The Morgan fingerprint density at radius 1 is 1.35 bits per heavy atom. The van der Waals surface area contributed by atoms with Crippen LogP contribution in [0.5, 0.6) is 0 Å². The molecule has 0 bridgehead atoms. The Kier molecular flexibility index (Phi) is 5.63. The SMILES string of the molecule is CC(C(=O)Nc1cc(F)ccc1F)N(C)Cc1ccc(Cl)nc1. The molecule has 1 aromatic carbocycles. The predicted molar refractivity (Wildman–Crippen MR) is 85.2 cm³/mol. The van der Waals surface area contributed by atoms with E-state index in [2.05, 4.69) is 10.3 Å². The number of nitrogens with zero attached hydrogens (tertiary/aromatic N) is 2. The Morgan fingerprint density at radius 3 is 2.74 bits per heavy atom. The molecule has 0 spiro atoms. The number of likely N-dealkylation sites (N-methyl/N-ethyl adjacent to an activating group) is 1. The number of carbonyl (C=O) groups excluding carboxylic acids is 1. The molecular formula is C16H16ClF2N3O. The molecule has 0 aliphatic heterocycles. The highest BCUT2D eigenvalue weighted by atomic mass is 35.5. The molecule has 1 unspecified atom stereocenters. The number of carbonyl (C=O) groups is 1. The fraction of sp³-hybridized carbons (Fsp3) is 0.250. The maximum Gasteiger partial charge on any atom is 0.241 e. The summed E-state index contributed by atoms with van der Waals surface area (Å²) < 4.78 is 26.7. The van der Waals surface area contributed by atoms with E-state index in [9.17, 15) is 13.6 Å². The van der Waals surface area contributed by atoms with Gasteiger partial charge in [-0.15, -0.1) is 0 Å². The summed E-state index contributed by atoms with van der Waals surface area (Å²) in [7, 11) is 1.75. The predicted octanol–water partition coefficient (Wildman–Crippen LogP) is 3.47. The normalized spacial score (nSPS) is 12.3. The summed E-state index contributed by atoms with van der Waals surface area (Å²) in [5, 5.41) is 2.79. The number of rotatable bonds is 5. The zero-order valence-corrected chi connectivity index (χ0v) is 13.4. The van der Waals surface area contributed by atoms with Crippen LogP contribution < -0.4 is 5.32 Å². The van der Waals surface area contributed by atoms with Crippen molar-refractivity contribution in [3.05, 3.63) is 58.9 Å². The largest absolute Gasteiger partial charge is 0.322 e. The quantitative estimate of drug-likeness (QED) is 0.848. The van der Waals surface area contributed by atoms with Crippen molar-refractivity contribution in [2.75, 3.05) is 12.4 Å². The fourth-order valence-corrected chi connectivity index (χ4v) is 2.07. The van der Waals surface area contributed by atoms with Crippen molar-refractivity contribution in [3.63, 3.8) is 0 Å². The minimum Gasteiger partial charge on any atom is -0.322 e. The third kappa shape index (κ3) is 4.71. The molecular weight excluding hydrogens is 324 g/mol. The van der Waals surface area contributed by atoms with E-state index < -0.39 is 23.6 Å². The summed E-state index contributed by atoms with van der Waals surface area (Å²) in [5.74, 6) is -1.73. The van der Waals surface area contributed by atoms with E-state index in [-0.39, 0.29) is 5.69 Å². The Balaban J connectivity index is 2.00. The van der Waals surface area contributed by atoms with Gasteiger partial charge in [-0.05, 0) is 37.7 Å². The lowest BCUT2D eigenvalue weighted by atomic mass is 10.2. The maximum absolute atomic E-state index is 13.6. The molecule has 0 fully saturated rings. The Hall–Kier alpha value is -2.05. The molecule has 4 nitrogen and oxygen atoms in total. The highest BCUT2D eigenvalue weighted by Gasteiger charge is 2.19. The molecule has 0 aliphatic rings. The number of nitrogens with one attached hydrogen (secondary N) is 1. The lowest BCUT2D eigenvalue weighted by Crippen LogP contribution is -2.39. The third-order valence-corrected chi connectivity index (χ3v) is 3.67. The molecule has 1 N–H and O–H groups in total. The molecule has 122 valence electrons. The number of pyridine rings is 1. The molecule has 0 saturated carbocycles. The topological polar surface area (TPSA) is 45.2 Å². The van der Waals surface area contributed by atoms with Crippen molar-refractivity contribution in [2.24, 2.45) is 0 Å². The van der Waals surface area contributed by atoms with Gasteiger partial charge in [0.25, 0.3) is 0 Å². The van der Waals surface area contributed by atoms with Gasteiger partial charge in [0.05, 0.1) is 11.7 Å².